The number of hydrogen-bond donors (Lipinski definition) is 1. The molecule has 0 unspecified atom stereocenters. The standard InChI is InChI=1S/C22H29N5O/c1-15-8-11-27(12-9-15)22-24-14-18-13-17(6-7-20(18)26-22)21(28)25-16(2)19-5-3-4-10-23-19/h3-5,10,14-17H,6-9,11-13H2,1-2H3,(H,25,28)/t16-,17-/m0/s1. The Balaban J connectivity index is 1.38. The molecule has 0 spiro atoms. The number of aromatic nitrogens is 3. The Morgan fingerprint density at radius 1 is 1.21 bits per heavy atom. The van der Waals surface area contributed by atoms with Crippen LogP contribution in [0.2, 0.25) is 0 Å². The van der Waals surface area contributed by atoms with Crippen molar-refractivity contribution in [2.24, 2.45) is 11.8 Å². The van der Waals surface area contributed by atoms with E-state index in [9.17, 15) is 4.79 Å². The topological polar surface area (TPSA) is 71.0 Å². The van der Waals surface area contributed by atoms with Gasteiger partial charge in [0.05, 0.1) is 11.7 Å². The molecule has 2 atom stereocenters. The molecule has 1 aliphatic carbocycles. The van der Waals surface area contributed by atoms with E-state index in [1.165, 1.54) is 12.8 Å². The van der Waals surface area contributed by atoms with Gasteiger partial charge in [0.2, 0.25) is 11.9 Å². The van der Waals surface area contributed by atoms with Gasteiger partial charge in [-0.15, -0.1) is 0 Å². The third-order valence-electron chi connectivity index (χ3n) is 6.06. The molecule has 6 heteroatoms. The molecule has 6 nitrogen and oxygen atoms in total. The maximum absolute atomic E-state index is 12.7. The SMILES string of the molecule is CC1CCN(c2ncc3c(n2)CC[C@H](C(=O)N[C@@H](C)c2ccccn2)C3)CC1. The molecule has 4 rings (SSSR count). The number of carbonyl (C=O) groups is 1. The fourth-order valence-electron chi connectivity index (χ4n) is 4.12. The second-order valence-corrected chi connectivity index (χ2v) is 8.24. The van der Waals surface area contributed by atoms with Crippen LogP contribution < -0.4 is 10.2 Å². The minimum atomic E-state index is -0.0878. The first-order chi connectivity index (χ1) is 13.6. The zero-order valence-electron chi connectivity index (χ0n) is 16.8. The van der Waals surface area contributed by atoms with Gasteiger partial charge in [-0.25, -0.2) is 9.97 Å². The lowest BCUT2D eigenvalue weighted by Crippen LogP contribution is -2.37. The van der Waals surface area contributed by atoms with Gasteiger partial charge in [0, 0.05) is 37.1 Å². The fourth-order valence-corrected chi connectivity index (χ4v) is 4.12. The molecule has 1 amide bonds. The third-order valence-corrected chi connectivity index (χ3v) is 6.06. The van der Waals surface area contributed by atoms with Gasteiger partial charge in [0.15, 0.2) is 0 Å². The van der Waals surface area contributed by atoms with E-state index >= 15 is 0 Å². The van der Waals surface area contributed by atoms with Gasteiger partial charge in [0.1, 0.15) is 0 Å². The average molecular weight is 380 g/mol. The Bertz CT molecular complexity index is 817. The quantitative estimate of drug-likeness (QED) is 0.884. The highest BCUT2D eigenvalue weighted by atomic mass is 16.1. The van der Waals surface area contributed by atoms with Crippen LogP contribution in [0, 0.1) is 11.8 Å². The average Bonchev–Trinajstić information content (AvgIpc) is 2.74. The van der Waals surface area contributed by atoms with Crippen molar-refractivity contribution >= 4 is 11.9 Å². The van der Waals surface area contributed by atoms with E-state index in [0.29, 0.717) is 6.42 Å². The van der Waals surface area contributed by atoms with Crippen molar-refractivity contribution in [3.63, 3.8) is 0 Å². The number of piperidine rings is 1. The van der Waals surface area contributed by atoms with E-state index in [4.69, 9.17) is 4.98 Å². The van der Waals surface area contributed by atoms with Crippen molar-refractivity contribution in [2.75, 3.05) is 18.0 Å². The Morgan fingerprint density at radius 3 is 2.79 bits per heavy atom. The van der Waals surface area contributed by atoms with Crippen LogP contribution in [-0.4, -0.2) is 33.9 Å². The largest absolute Gasteiger partial charge is 0.348 e. The number of amides is 1. The van der Waals surface area contributed by atoms with Gasteiger partial charge in [-0.2, -0.15) is 0 Å². The molecule has 2 aromatic rings. The van der Waals surface area contributed by atoms with Gasteiger partial charge in [-0.05, 0) is 62.6 Å². The fraction of sp³-hybridized carbons (Fsp3) is 0.545. The molecule has 0 radical (unpaired) electrons. The molecule has 1 N–H and O–H groups in total. The summed E-state index contributed by atoms with van der Waals surface area (Å²) in [6, 6.07) is 5.68. The molecular formula is C22H29N5O. The highest BCUT2D eigenvalue weighted by Gasteiger charge is 2.28. The number of fused-ring (bicyclic) bond motifs is 1. The summed E-state index contributed by atoms with van der Waals surface area (Å²) in [5.74, 6) is 1.72. The van der Waals surface area contributed by atoms with Gasteiger partial charge < -0.3 is 10.2 Å². The highest BCUT2D eigenvalue weighted by molar-refractivity contribution is 5.79. The first-order valence-corrected chi connectivity index (χ1v) is 10.4. The molecular weight excluding hydrogens is 350 g/mol. The van der Waals surface area contributed by atoms with Crippen molar-refractivity contribution in [1.29, 1.82) is 0 Å². The lowest BCUT2D eigenvalue weighted by molar-refractivity contribution is -0.126. The Labute approximate surface area is 166 Å². The molecule has 1 aliphatic heterocycles. The van der Waals surface area contributed by atoms with Crippen LogP contribution in [-0.2, 0) is 17.6 Å². The van der Waals surface area contributed by atoms with Crippen molar-refractivity contribution < 1.29 is 4.79 Å². The van der Waals surface area contributed by atoms with Crippen molar-refractivity contribution in [3.05, 3.63) is 47.5 Å². The molecule has 2 aromatic heterocycles. The molecule has 148 valence electrons. The maximum Gasteiger partial charge on any atom is 0.225 e. The van der Waals surface area contributed by atoms with Crippen LogP contribution in [0.5, 0.6) is 0 Å². The van der Waals surface area contributed by atoms with Crippen LogP contribution in [0.4, 0.5) is 5.95 Å². The molecule has 0 aromatic carbocycles. The summed E-state index contributed by atoms with van der Waals surface area (Å²) < 4.78 is 0. The van der Waals surface area contributed by atoms with Gasteiger partial charge in [0.25, 0.3) is 0 Å². The Hall–Kier alpha value is -2.50. The van der Waals surface area contributed by atoms with E-state index in [2.05, 4.69) is 27.1 Å². The zero-order valence-corrected chi connectivity index (χ0v) is 16.8. The van der Waals surface area contributed by atoms with E-state index in [1.807, 2.05) is 31.3 Å². The van der Waals surface area contributed by atoms with Gasteiger partial charge >= 0.3 is 0 Å². The molecule has 3 heterocycles. The summed E-state index contributed by atoms with van der Waals surface area (Å²) in [5.41, 5.74) is 3.12. The van der Waals surface area contributed by atoms with Crippen molar-refractivity contribution in [1.82, 2.24) is 20.3 Å². The molecule has 0 saturated carbocycles. The monoisotopic (exact) mass is 379 g/mol. The number of nitrogens with one attached hydrogen (secondary N) is 1. The number of aryl methyl sites for hydroxylation is 1. The lowest BCUT2D eigenvalue weighted by Gasteiger charge is -2.31. The summed E-state index contributed by atoms with van der Waals surface area (Å²) in [4.78, 5) is 28.8. The summed E-state index contributed by atoms with van der Waals surface area (Å²) in [6.45, 7) is 6.36. The third kappa shape index (κ3) is 4.16. The van der Waals surface area contributed by atoms with Crippen LogP contribution in [0.15, 0.2) is 30.6 Å². The molecule has 1 fully saturated rings. The van der Waals surface area contributed by atoms with Crippen LogP contribution in [0.25, 0.3) is 0 Å². The van der Waals surface area contributed by atoms with Gasteiger partial charge in [-0.3, -0.25) is 9.78 Å². The van der Waals surface area contributed by atoms with Crippen LogP contribution in [0.3, 0.4) is 0 Å². The molecule has 1 saturated heterocycles. The summed E-state index contributed by atoms with van der Waals surface area (Å²) in [6.07, 6.45) is 8.50. The second kappa shape index (κ2) is 8.25. The number of anilines is 1. The Kier molecular flexibility index (Phi) is 5.55. The number of hydrogen-bond acceptors (Lipinski definition) is 5. The molecule has 28 heavy (non-hydrogen) atoms. The van der Waals surface area contributed by atoms with Crippen molar-refractivity contribution in [3.8, 4) is 0 Å². The summed E-state index contributed by atoms with van der Waals surface area (Å²) in [7, 11) is 0. The zero-order chi connectivity index (χ0) is 19.5. The highest BCUT2D eigenvalue weighted by Crippen LogP contribution is 2.27. The molecule has 0 bridgehead atoms. The van der Waals surface area contributed by atoms with E-state index in [1.54, 1.807) is 6.20 Å². The van der Waals surface area contributed by atoms with E-state index in [0.717, 1.165) is 54.7 Å². The number of rotatable bonds is 4. The van der Waals surface area contributed by atoms with Crippen LogP contribution >= 0.6 is 0 Å². The lowest BCUT2D eigenvalue weighted by atomic mass is 9.86. The minimum absolute atomic E-state index is 0.0241. The minimum Gasteiger partial charge on any atom is -0.348 e. The first kappa shape index (κ1) is 18.8. The van der Waals surface area contributed by atoms with E-state index < -0.39 is 0 Å². The Morgan fingerprint density at radius 2 is 2.04 bits per heavy atom. The summed E-state index contributed by atoms with van der Waals surface area (Å²) in [5, 5.41) is 3.11. The molecule has 2 aliphatic rings. The number of carbonyl (C=O) groups excluding carboxylic acids is 1. The maximum atomic E-state index is 12.7. The van der Waals surface area contributed by atoms with Crippen LogP contribution in [0.1, 0.15) is 56.1 Å². The second-order valence-electron chi connectivity index (χ2n) is 8.24. The summed E-state index contributed by atoms with van der Waals surface area (Å²) >= 11 is 0. The number of nitrogens with zero attached hydrogens (tertiary/aromatic N) is 4. The van der Waals surface area contributed by atoms with E-state index in [-0.39, 0.29) is 17.9 Å². The smallest absolute Gasteiger partial charge is 0.225 e. The predicted molar refractivity (Wildman–Crippen MR) is 109 cm³/mol. The first-order valence-electron chi connectivity index (χ1n) is 10.4. The van der Waals surface area contributed by atoms with Crippen molar-refractivity contribution in [2.45, 2.75) is 52.0 Å². The number of pyridine rings is 1. The predicted octanol–water partition coefficient (Wildman–Crippen LogP) is 3.09. The van der Waals surface area contributed by atoms with Gasteiger partial charge in [-0.1, -0.05) is 13.0 Å². The normalized spacial score (nSPS) is 21.1.